The maximum atomic E-state index is 12.3. The Morgan fingerprint density at radius 3 is 2.52 bits per heavy atom. The van der Waals surface area contributed by atoms with Crippen molar-refractivity contribution >= 4 is 22.4 Å². The summed E-state index contributed by atoms with van der Waals surface area (Å²) in [5, 5.41) is 7.61. The normalized spacial score (nSPS) is 17.0. The number of fused-ring (bicyclic) bond motifs is 1. The zero-order valence-corrected chi connectivity index (χ0v) is 11.4. The van der Waals surface area contributed by atoms with Crippen LogP contribution in [0, 0.1) is 0 Å². The van der Waals surface area contributed by atoms with Crippen molar-refractivity contribution in [1.82, 2.24) is 10.2 Å². The zero-order valence-electron chi connectivity index (χ0n) is 11.4. The van der Waals surface area contributed by atoms with Gasteiger partial charge in [-0.15, -0.1) is 0 Å². The molecule has 1 heterocycles. The number of carbonyl (C=O) groups is 1. The lowest BCUT2D eigenvalue weighted by Crippen LogP contribution is -2.48. The zero-order chi connectivity index (χ0) is 15.0. The molecule has 0 atom stereocenters. The molecule has 0 spiro atoms. The third-order valence-corrected chi connectivity index (χ3v) is 4.02. The molecule has 0 radical (unpaired) electrons. The summed E-state index contributed by atoms with van der Waals surface area (Å²) < 4.78 is 0. The SMILES string of the molecule is NC1(C(=O)Nc2cccc3c(=O)[nH][nH]c(=O)c23)CCCC1. The average Bonchev–Trinajstić information content (AvgIpc) is 2.91. The van der Waals surface area contributed by atoms with Crippen molar-refractivity contribution in [1.29, 1.82) is 0 Å². The molecule has 1 saturated carbocycles. The van der Waals surface area contributed by atoms with E-state index in [9.17, 15) is 14.4 Å². The van der Waals surface area contributed by atoms with Crippen molar-refractivity contribution in [2.45, 2.75) is 31.2 Å². The van der Waals surface area contributed by atoms with Gasteiger partial charge in [-0.2, -0.15) is 0 Å². The summed E-state index contributed by atoms with van der Waals surface area (Å²) >= 11 is 0. The maximum absolute atomic E-state index is 12.3. The summed E-state index contributed by atoms with van der Waals surface area (Å²) in [6.45, 7) is 0. The number of benzene rings is 1. The molecule has 1 aromatic carbocycles. The molecule has 5 N–H and O–H groups in total. The van der Waals surface area contributed by atoms with Crippen LogP contribution in [0.3, 0.4) is 0 Å². The summed E-state index contributed by atoms with van der Waals surface area (Å²) in [5.74, 6) is -0.313. The van der Waals surface area contributed by atoms with Crippen LogP contribution in [-0.2, 0) is 4.79 Å². The van der Waals surface area contributed by atoms with E-state index in [4.69, 9.17) is 5.73 Å². The maximum Gasteiger partial charge on any atom is 0.272 e. The van der Waals surface area contributed by atoms with Crippen LogP contribution in [0.15, 0.2) is 27.8 Å². The number of aromatic amines is 2. The second-order valence-electron chi connectivity index (χ2n) is 5.45. The highest BCUT2D eigenvalue weighted by Crippen LogP contribution is 2.29. The van der Waals surface area contributed by atoms with Gasteiger partial charge < -0.3 is 11.1 Å². The molecule has 1 aliphatic rings. The Morgan fingerprint density at radius 1 is 1.14 bits per heavy atom. The summed E-state index contributed by atoms with van der Waals surface area (Å²) in [6.07, 6.45) is 3.08. The number of hydrogen-bond donors (Lipinski definition) is 4. The van der Waals surface area contributed by atoms with E-state index in [2.05, 4.69) is 15.5 Å². The molecule has 0 bridgehead atoms. The third-order valence-electron chi connectivity index (χ3n) is 4.02. The van der Waals surface area contributed by atoms with Crippen LogP contribution in [0.25, 0.3) is 10.8 Å². The van der Waals surface area contributed by atoms with Gasteiger partial charge in [-0.25, -0.2) is 0 Å². The molecule has 1 amide bonds. The fourth-order valence-electron chi connectivity index (χ4n) is 2.81. The largest absolute Gasteiger partial charge is 0.324 e. The highest BCUT2D eigenvalue weighted by molar-refractivity contribution is 6.04. The van der Waals surface area contributed by atoms with Crippen LogP contribution in [-0.4, -0.2) is 21.6 Å². The van der Waals surface area contributed by atoms with Crippen LogP contribution < -0.4 is 22.2 Å². The quantitative estimate of drug-likeness (QED) is 0.640. The smallest absolute Gasteiger partial charge is 0.272 e. The number of nitrogens with two attached hydrogens (primary N) is 1. The lowest BCUT2D eigenvalue weighted by atomic mass is 9.98. The highest BCUT2D eigenvalue weighted by atomic mass is 16.2. The molecule has 21 heavy (non-hydrogen) atoms. The number of amides is 1. The number of anilines is 1. The number of aromatic nitrogens is 2. The van der Waals surface area contributed by atoms with Crippen molar-refractivity contribution in [3.05, 3.63) is 38.9 Å². The van der Waals surface area contributed by atoms with Crippen LogP contribution in [0.4, 0.5) is 5.69 Å². The Balaban J connectivity index is 2.06. The molecule has 3 rings (SSSR count). The van der Waals surface area contributed by atoms with Gasteiger partial charge in [-0.1, -0.05) is 18.9 Å². The predicted molar refractivity (Wildman–Crippen MR) is 79.2 cm³/mol. The number of hydrogen-bond acceptors (Lipinski definition) is 4. The molecule has 0 aliphatic heterocycles. The predicted octanol–water partition coefficient (Wildman–Crippen LogP) is 0.426. The molecule has 7 nitrogen and oxygen atoms in total. The monoisotopic (exact) mass is 288 g/mol. The second-order valence-corrected chi connectivity index (χ2v) is 5.45. The van der Waals surface area contributed by atoms with Gasteiger partial charge in [0.15, 0.2) is 0 Å². The lowest BCUT2D eigenvalue weighted by molar-refractivity contribution is -0.120. The van der Waals surface area contributed by atoms with Crippen molar-refractivity contribution in [3.63, 3.8) is 0 Å². The van der Waals surface area contributed by atoms with E-state index < -0.39 is 16.7 Å². The van der Waals surface area contributed by atoms with E-state index in [1.165, 1.54) is 6.07 Å². The first-order valence-electron chi connectivity index (χ1n) is 6.85. The number of rotatable bonds is 2. The van der Waals surface area contributed by atoms with Crippen LogP contribution in [0.5, 0.6) is 0 Å². The Morgan fingerprint density at radius 2 is 1.81 bits per heavy atom. The van der Waals surface area contributed by atoms with Crippen molar-refractivity contribution < 1.29 is 4.79 Å². The summed E-state index contributed by atoms with van der Waals surface area (Å²) in [7, 11) is 0. The van der Waals surface area contributed by atoms with Gasteiger partial charge in [0, 0.05) is 0 Å². The van der Waals surface area contributed by atoms with E-state index in [1.54, 1.807) is 12.1 Å². The van der Waals surface area contributed by atoms with Crippen molar-refractivity contribution in [2.75, 3.05) is 5.32 Å². The number of nitrogens with one attached hydrogen (secondary N) is 3. The summed E-state index contributed by atoms with van der Waals surface area (Å²) in [5.41, 5.74) is 4.64. The first-order valence-corrected chi connectivity index (χ1v) is 6.85. The van der Waals surface area contributed by atoms with E-state index in [0.717, 1.165) is 12.8 Å². The van der Waals surface area contributed by atoms with Gasteiger partial charge in [-0.05, 0) is 25.0 Å². The van der Waals surface area contributed by atoms with Crippen molar-refractivity contribution in [3.8, 4) is 0 Å². The average molecular weight is 288 g/mol. The molecule has 7 heteroatoms. The minimum atomic E-state index is -0.893. The van der Waals surface area contributed by atoms with Crippen LogP contribution in [0.2, 0.25) is 0 Å². The van der Waals surface area contributed by atoms with Gasteiger partial charge in [0.2, 0.25) is 5.91 Å². The first kappa shape index (κ1) is 13.6. The van der Waals surface area contributed by atoms with E-state index in [1.807, 2.05) is 0 Å². The van der Waals surface area contributed by atoms with Crippen LogP contribution in [0.1, 0.15) is 25.7 Å². The standard InChI is InChI=1S/C14H16N4O3/c15-14(6-1-2-7-14)13(21)16-9-5-3-4-8-10(9)12(20)18-17-11(8)19/h3-5H,1-2,6-7,15H2,(H,16,21)(H,17,19)(H,18,20). The van der Waals surface area contributed by atoms with Crippen molar-refractivity contribution in [2.24, 2.45) is 5.73 Å². The summed E-state index contributed by atoms with van der Waals surface area (Å²) in [6, 6.07) is 4.74. The lowest BCUT2D eigenvalue weighted by Gasteiger charge is -2.22. The number of H-pyrrole nitrogens is 2. The van der Waals surface area contributed by atoms with Gasteiger partial charge in [0.05, 0.1) is 22.0 Å². The molecular weight excluding hydrogens is 272 g/mol. The third kappa shape index (κ3) is 2.25. The molecule has 0 saturated heterocycles. The molecule has 2 aromatic rings. The first-order chi connectivity index (χ1) is 10.0. The molecule has 0 unspecified atom stereocenters. The Kier molecular flexibility index (Phi) is 3.13. The fraction of sp³-hybridized carbons (Fsp3) is 0.357. The second kappa shape index (κ2) is 4.85. The van der Waals surface area contributed by atoms with E-state index in [-0.39, 0.29) is 16.7 Å². The van der Waals surface area contributed by atoms with Gasteiger partial charge >= 0.3 is 0 Å². The van der Waals surface area contributed by atoms with E-state index >= 15 is 0 Å². The molecule has 1 fully saturated rings. The summed E-state index contributed by atoms with van der Waals surface area (Å²) in [4.78, 5) is 36.0. The fourth-order valence-corrected chi connectivity index (χ4v) is 2.81. The Hall–Kier alpha value is -2.41. The topological polar surface area (TPSA) is 121 Å². The molecule has 110 valence electrons. The van der Waals surface area contributed by atoms with E-state index in [0.29, 0.717) is 18.5 Å². The van der Waals surface area contributed by atoms with Gasteiger partial charge in [0.25, 0.3) is 11.1 Å². The minimum absolute atomic E-state index is 0.163. The Bertz CT molecular complexity index is 815. The minimum Gasteiger partial charge on any atom is -0.324 e. The molecule has 1 aliphatic carbocycles. The molecular formula is C14H16N4O3. The van der Waals surface area contributed by atoms with Gasteiger partial charge in [-0.3, -0.25) is 24.6 Å². The number of carbonyl (C=O) groups excluding carboxylic acids is 1. The Labute approximate surface area is 119 Å². The van der Waals surface area contributed by atoms with Gasteiger partial charge in [0.1, 0.15) is 0 Å². The molecule has 1 aromatic heterocycles. The highest BCUT2D eigenvalue weighted by Gasteiger charge is 2.37. The van der Waals surface area contributed by atoms with Crippen LogP contribution >= 0.6 is 0 Å².